The molecule has 0 amide bonds. The Labute approximate surface area is 114 Å². The van der Waals surface area contributed by atoms with Crippen molar-refractivity contribution in [3.63, 3.8) is 0 Å². The van der Waals surface area contributed by atoms with E-state index in [1.54, 1.807) is 31.3 Å². The Kier molecular flexibility index (Phi) is 4.54. The molecular weight excluding hydrogens is 264 g/mol. The maximum atomic E-state index is 12.3. The van der Waals surface area contributed by atoms with Gasteiger partial charge in [-0.05, 0) is 38.1 Å². The number of anilines is 1. The van der Waals surface area contributed by atoms with Crippen molar-refractivity contribution < 1.29 is 8.42 Å². The second-order valence-electron chi connectivity index (χ2n) is 4.55. The molecule has 0 bridgehead atoms. The molecule has 0 atom stereocenters. The second-order valence-corrected chi connectivity index (χ2v) is 6.57. The van der Waals surface area contributed by atoms with E-state index in [4.69, 9.17) is 11.1 Å². The molecule has 3 N–H and O–H groups in total. The standard InChI is InChI=1S/C12H20N4O2S/c1-9(2)15(3)19(17,18)16(4)11-7-5-10(6-8-11)12(13)14/h5-9H,1-4H3,(H3,13,14). The van der Waals surface area contributed by atoms with E-state index in [1.165, 1.54) is 15.7 Å². The van der Waals surface area contributed by atoms with Gasteiger partial charge in [-0.1, -0.05) is 0 Å². The zero-order chi connectivity index (χ0) is 14.8. The predicted molar refractivity (Wildman–Crippen MR) is 77.7 cm³/mol. The lowest BCUT2D eigenvalue weighted by Crippen LogP contribution is -2.43. The third-order valence-electron chi connectivity index (χ3n) is 2.98. The lowest BCUT2D eigenvalue weighted by atomic mass is 10.2. The Morgan fingerprint density at radius 2 is 1.68 bits per heavy atom. The number of nitrogen functional groups attached to an aromatic ring is 1. The van der Waals surface area contributed by atoms with E-state index in [9.17, 15) is 8.42 Å². The van der Waals surface area contributed by atoms with Crippen LogP contribution in [0, 0.1) is 5.41 Å². The van der Waals surface area contributed by atoms with Crippen molar-refractivity contribution in [2.75, 3.05) is 18.4 Å². The molecule has 1 aromatic carbocycles. The molecule has 7 heteroatoms. The maximum Gasteiger partial charge on any atom is 0.303 e. The minimum atomic E-state index is -3.54. The molecule has 6 nitrogen and oxygen atoms in total. The summed E-state index contributed by atoms with van der Waals surface area (Å²) in [4.78, 5) is 0. The quantitative estimate of drug-likeness (QED) is 0.624. The largest absolute Gasteiger partial charge is 0.384 e. The number of rotatable bonds is 5. The van der Waals surface area contributed by atoms with Crippen molar-refractivity contribution in [2.45, 2.75) is 19.9 Å². The van der Waals surface area contributed by atoms with E-state index in [0.29, 0.717) is 11.3 Å². The summed E-state index contributed by atoms with van der Waals surface area (Å²) >= 11 is 0. The Morgan fingerprint density at radius 1 is 1.21 bits per heavy atom. The molecule has 0 aromatic heterocycles. The van der Waals surface area contributed by atoms with Gasteiger partial charge < -0.3 is 5.73 Å². The van der Waals surface area contributed by atoms with Crippen molar-refractivity contribution in [3.05, 3.63) is 29.8 Å². The Balaban J connectivity index is 3.06. The van der Waals surface area contributed by atoms with E-state index < -0.39 is 10.2 Å². The molecule has 0 aliphatic carbocycles. The van der Waals surface area contributed by atoms with E-state index in [0.717, 1.165) is 0 Å². The molecule has 0 radical (unpaired) electrons. The first-order valence-corrected chi connectivity index (χ1v) is 7.24. The van der Waals surface area contributed by atoms with Crippen LogP contribution in [0.1, 0.15) is 19.4 Å². The van der Waals surface area contributed by atoms with Gasteiger partial charge in [0, 0.05) is 25.7 Å². The summed E-state index contributed by atoms with van der Waals surface area (Å²) < 4.78 is 27.1. The number of hydrogen-bond donors (Lipinski definition) is 2. The molecule has 106 valence electrons. The van der Waals surface area contributed by atoms with Gasteiger partial charge in [0.1, 0.15) is 5.84 Å². The van der Waals surface area contributed by atoms with Crippen LogP contribution in [0.15, 0.2) is 24.3 Å². The minimum Gasteiger partial charge on any atom is -0.384 e. The normalized spacial score (nSPS) is 11.9. The molecule has 0 aliphatic rings. The number of amidine groups is 1. The number of benzene rings is 1. The molecule has 0 fully saturated rings. The van der Waals surface area contributed by atoms with Gasteiger partial charge in [0.05, 0.1) is 5.69 Å². The van der Waals surface area contributed by atoms with Crippen molar-refractivity contribution in [1.29, 1.82) is 5.41 Å². The van der Waals surface area contributed by atoms with E-state index in [-0.39, 0.29) is 11.9 Å². The van der Waals surface area contributed by atoms with Gasteiger partial charge in [0.15, 0.2) is 0 Å². The predicted octanol–water partition coefficient (Wildman–Crippen LogP) is 0.992. The number of hydrogen-bond acceptors (Lipinski definition) is 3. The molecule has 0 saturated carbocycles. The Bertz CT molecular complexity index is 552. The SMILES string of the molecule is CC(C)N(C)S(=O)(=O)N(C)c1ccc(C(=N)N)cc1. The smallest absolute Gasteiger partial charge is 0.303 e. The highest BCUT2D eigenvalue weighted by Crippen LogP contribution is 2.19. The lowest BCUT2D eigenvalue weighted by molar-refractivity contribution is 0.409. The van der Waals surface area contributed by atoms with Crippen LogP contribution >= 0.6 is 0 Å². The Morgan fingerprint density at radius 3 is 2.05 bits per heavy atom. The third-order valence-corrected chi connectivity index (χ3v) is 5.03. The van der Waals surface area contributed by atoms with Crippen LogP contribution in [0.3, 0.4) is 0 Å². The molecule has 1 rings (SSSR count). The topological polar surface area (TPSA) is 90.5 Å². The van der Waals surface area contributed by atoms with Crippen molar-refractivity contribution in [3.8, 4) is 0 Å². The minimum absolute atomic E-state index is 0.0450. The molecule has 0 saturated heterocycles. The van der Waals surface area contributed by atoms with Crippen LogP contribution in [-0.2, 0) is 10.2 Å². The van der Waals surface area contributed by atoms with E-state index >= 15 is 0 Å². The average molecular weight is 284 g/mol. The lowest BCUT2D eigenvalue weighted by Gasteiger charge is -2.28. The Hall–Kier alpha value is -1.60. The third kappa shape index (κ3) is 3.24. The zero-order valence-electron chi connectivity index (χ0n) is 11.6. The highest BCUT2D eigenvalue weighted by atomic mass is 32.2. The maximum absolute atomic E-state index is 12.3. The average Bonchev–Trinajstić information content (AvgIpc) is 2.36. The van der Waals surface area contributed by atoms with Crippen LogP contribution in [0.5, 0.6) is 0 Å². The summed E-state index contributed by atoms with van der Waals surface area (Å²) in [6, 6.07) is 6.38. The molecule has 0 aliphatic heterocycles. The summed E-state index contributed by atoms with van der Waals surface area (Å²) in [5, 5.41) is 7.30. The number of nitrogens with zero attached hydrogens (tertiary/aromatic N) is 2. The van der Waals surface area contributed by atoms with Gasteiger partial charge in [-0.15, -0.1) is 0 Å². The molecule has 0 spiro atoms. The first kappa shape index (κ1) is 15.5. The van der Waals surface area contributed by atoms with E-state index in [1.807, 2.05) is 13.8 Å². The van der Waals surface area contributed by atoms with Crippen molar-refractivity contribution in [1.82, 2.24) is 4.31 Å². The summed E-state index contributed by atoms with van der Waals surface area (Å²) in [5.41, 5.74) is 6.44. The van der Waals surface area contributed by atoms with Crippen LogP contribution in [0.25, 0.3) is 0 Å². The first-order valence-electron chi connectivity index (χ1n) is 5.84. The first-order chi connectivity index (χ1) is 8.67. The number of nitrogens with one attached hydrogen (secondary N) is 1. The molecule has 19 heavy (non-hydrogen) atoms. The summed E-state index contributed by atoms with van der Waals surface area (Å²) in [6.07, 6.45) is 0. The van der Waals surface area contributed by atoms with Gasteiger partial charge in [0.25, 0.3) is 0 Å². The fourth-order valence-electron chi connectivity index (χ4n) is 1.44. The molecular formula is C12H20N4O2S. The number of nitrogens with two attached hydrogens (primary N) is 1. The van der Waals surface area contributed by atoms with Gasteiger partial charge >= 0.3 is 10.2 Å². The molecule has 0 heterocycles. The van der Waals surface area contributed by atoms with Gasteiger partial charge in [0.2, 0.25) is 0 Å². The van der Waals surface area contributed by atoms with Crippen LogP contribution in [0.2, 0.25) is 0 Å². The van der Waals surface area contributed by atoms with Crippen LogP contribution in [-0.4, -0.2) is 38.7 Å². The van der Waals surface area contributed by atoms with Gasteiger partial charge in [-0.2, -0.15) is 12.7 Å². The van der Waals surface area contributed by atoms with E-state index in [2.05, 4.69) is 0 Å². The monoisotopic (exact) mass is 284 g/mol. The van der Waals surface area contributed by atoms with Gasteiger partial charge in [-0.25, -0.2) is 0 Å². The summed E-state index contributed by atoms with van der Waals surface area (Å²) in [6.45, 7) is 3.62. The fraction of sp³-hybridized carbons (Fsp3) is 0.417. The molecule has 1 aromatic rings. The second kappa shape index (κ2) is 5.58. The highest BCUT2D eigenvalue weighted by molar-refractivity contribution is 7.90. The van der Waals surface area contributed by atoms with Crippen molar-refractivity contribution in [2.24, 2.45) is 5.73 Å². The fourth-order valence-corrected chi connectivity index (χ4v) is 2.75. The van der Waals surface area contributed by atoms with Crippen molar-refractivity contribution >= 4 is 21.7 Å². The summed E-state index contributed by atoms with van der Waals surface area (Å²) in [5.74, 6) is -0.0450. The molecule has 0 unspecified atom stereocenters. The summed E-state index contributed by atoms with van der Waals surface area (Å²) in [7, 11) is -0.504. The zero-order valence-corrected chi connectivity index (χ0v) is 12.4. The van der Waals surface area contributed by atoms with Crippen LogP contribution < -0.4 is 10.0 Å². The van der Waals surface area contributed by atoms with Gasteiger partial charge in [-0.3, -0.25) is 9.71 Å². The van der Waals surface area contributed by atoms with Crippen LogP contribution in [0.4, 0.5) is 5.69 Å². The highest BCUT2D eigenvalue weighted by Gasteiger charge is 2.25.